The highest BCUT2D eigenvalue weighted by molar-refractivity contribution is 6.39. The summed E-state index contributed by atoms with van der Waals surface area (Å²) in [4.78, 5) is 23.8. The lowest BCUT2D eigenvalue weighted by Crippen LogP contribution is -2.36. The van der Waals surface area contributed by atoms with Crippen LogP contribution in [0.3, 0.4) is 0 Å². The number of unbranched alkanes of at least 4 members (excludes halogenated alkanes) is 1. The minimum atomic E-state index is -0.622. The van der Waals surface area contributed by atoms with Gasteiger partial charge in [-0.25, -0.2) is 0 Å². The molecule has 2 rings (SSSR count). The van der Waals surface area contributed by atoms with Crippen molar-refractivity contribution in [3.8, 4) is 5.75 Å². The van der Waals surface area contributed by atoms with Gasteiger partial charge in [-0.1, -0.05) is 45.4 Å². The topological polar surface area (TPSA) is 67.4 Å². The Bertz CT molecular complexity index is 536. The molecule has 0 bridgehead atoms. The molecular formula is C20H30N2O3. The molecule has 1 aromatic carbocycles. The van der Waals surface area contributed by atoms with Crippen molar-refractivity contribution in [3.05, 3.63) is 24.3 Å². The Kier molecular flexibility index (Phi) is 8.29. The maximum Gasteiger partial charge on any atom is 0.313 e. The number of benzene rings is 1. The minimum absolute atomic E-state index is 0.570. The molecule has 0 unspecified atom stereocenters. The van der Waals surface area contributed by atoms with Gasteiger partial charge in [-0.15, -0.1) is 0 Å². The maximum atomic E-state index is 11.9. The molecule has 5 heteroatoms. The van der Waals surface area contributed by atoms with Crippen LogP contribution >= 0.6 is 0 Å². The number of carbonyl (C=O) groups is 2. The van der Waals surface area contributed by atoms with E-state index in [0.717, 1.165) is 25.0 Å². The second kappa shape index (κ2) is 10.7. The van der Waals surface area contributed by atoms with E-state index < -0.39 is 11.8 Å². The third-order valence-electron chi connectivity index (χ3n) is 4.65. The molecule has 138 valence electrons. The monoisotopic (exact) mass is 346 g/mol. The van der Waals surface area contributed by atoms with E-state index in [1.165, 1.54) is 32.1 Å². The lowest BCUT2D eigenvalue weighted by atomic mass is 9.87. The van der Waals surface area contributed by atoms with Crippen LogP contribution < -0.4 is 15.4 Å². The van der Waals surface area contributed by atoms with Crippen LogP contribution in [0.2, 0.25) is 0 Å². The molecular weight excluding hydrogens is 316 g/mol. The lowest BCUT2D eigenvalue weighted by Gasteiger charge is -2.21. The number of amides is 2. The zero-order valence-electron chi connectivity index (χ0n) is 15.2. The minimum Gasteiger partial charge on any atom is -0.494 e. The summed E-state index contributed by atoms with van der Waals surface area (Å²) in [5.74, 6) is 0.267. The number of ether oxygens (including phenoxy) is 1. The molecule has 0 aromatic heterocycles. The summed E-state index contributed by atoms with van der Waals surface area (Å²) in [5, 5.41) is 5.34. The fourth-order valence-electron chi connectivity index (χ4n) is 3.10. The standard InChI is InChI=1S/C20H30N2O3/c1-2-3-15-25-18-11-9-17(10-12-18)22-20(24)19(23)21-14-13-16-7-5-4-6-8-16/h9-12,16H,2-8,13-15H2,1H3,(H,21,23)(H,22,24). The highest BCUT2D eigenvalue weighted by Crippen LogP contribution is 2.25. The van der Waals surface area contributed by atoms with Crippen LogP contribution in [0.1, 0.15) is 58.3 Å². The van der Waals surface area contributed by atoms with Crippen molar-refractivity contribution >= 4 is 17.5 Å². The summed E-state index contributed by atoms with van der Waals surface area (Å²) in [6.45, 7) is 3.37. The quantitative estimate of drug-likeness (QED) is 0.554. The normalized spacial score (nSPS) is 14.8. The van der Waals surface area contributed by atoms with Crippen LogP contribution in [-0.4, -0.2) is 25.0 Å². The first-order chi connectivity index (χ1) is 12.2. The first-order valence-corrected chi connectivity index (χ1v) is 9.51. The van der Waals surface area contributed by atoms with Gasteiger partial charge in [0.05, 0.1) is 6.61 Å². The molecule has 2 amide bonds. The van der Waals surface area contributed by atoms with Crippen molar-refractivity contribution < 1.29 is 14.3 Å². The van der Waals surface area contributed by atoms with Crippen LogP contribution in [0.15, 0.2) is 24.3 Å². The van der Waals surface area contributed by atoms with Gasteiger partial charge in [-0.05, 0) is 43.0 Å². The molecule has 5 nitrogen and oxygen atoms in total. The third-order valence-corrected chi connectivity index (χ3v) is 4.65. The van der Waals surface area contributed by atoms with Crippen LogP contribution in [0, 0.1) is 5.92 Å². The van der Waals surface area contributed by atoms with E-state index in [1.807, 2.05) is 0 Å². The second-order valence-corrected chi connectivity index (χ2v) is 6.73. The van der Waals surface area contributed by atoms with Crippen molar-refractivity contribution in [3.63, 3.8) is 0 Å². The first-order valence-electron chi connectivity index (χ1n) is 9.51. The van der Waals surface area contributed by atoms with Crippen molar-refractivity contribution in [2.24, 2.45) is 5.92 Å². The van der Waals surface area contributed by atoms with Gasteiger partial charge in [-0.3, -0.25) is 9.59 Å². The van der Waals surface area contributed by atoms with E-state index in [1.54, 1.807) is 24.3 Å². The Morgan fingerprint density at radius 2 is 1.80 bits per heavy atom. The summed E-state index contributed by atoms with van der Waals surface area (Å²) in [7, 11) is 0. The first kappa shape index (κ1) is 19.3. The molecule has 0 saturated heterocycles. The van der Waals surface area contributed by atoms with Gasteiger partial charge in [0, 0.05) is 12.2 Å². The lowest BCUT2D eigenvalue weighted by molar-refractivity contribution is -0.136. The van der Waals surface area contributed by atoms with Crippen LogP contribution in [0.4, 0.5) is 5.69 Å². The van der Waals surface area contributed by atoms with Gasteiger partial charge < -0.3 is 15.4 Å². The summed E-state index contributed by atoms with van der Waals surface area (Å²) in [6.07, 6.45) is 9.46. The summed E-state index contributed by atoms with van der Waals surface area (Å²) >= 11 is 0. The van der Waals surface area contributed by atoms with Crippen LogP contribution in [0.25, 0.3) is 0 Å². The summed E-state index contributed by atoms with van der Waals surface area (Å²) < 4.78 is 5.57. The molecule has 25 heavy (non-hydrogen) atoms. The highest BCUT2D eigenvalue weighted by Gasteiger charge is 2.16. The Labute approximate surface area is 150 Å². The number of rotatable bonds is 8. The fourth-order valence-corrected chi connectivity index (χ4v) is 3.10. The molecule has 0 atom stereocenters. The molecule has 0 spiro atoms. The number of hydrogen-bond donors (Lipinski definition) is 2. The van der Waals surface area contributed by atoms with E-state index in [2.05, 4.69) is 17.6 Å². The van der Waals surface area contributed by atoms with Gasteiger partial charge in [0.2, 0.25) is 0 Å². The molecule has 1 fully saturated rings. The Balaban J connectivity index is 1.68. The Hall–Kier alpha value is -2.04. The highest BCUT2D eigenvalue weighted by atomic mass is 16.5. The van der Waals surface area contributed by atoms with Gasteiger partial charge in [0.25, 0.3) is 0 Å². The number of nitrogens with one attached hydrogen (secondary N) is 2. The SMILES string of the molecule is CCCCOc1ccc(NC(=O)C(=O)NCCC2CCCCC2)cc1. The van der Waals surface area contributed by atoms with Gasteiger partial charge in [0.1, 0.15) is 5.75 Å². The molecule has 0 radical (unpaired) electrons. The zero-order chi connectivity index (χ0) is 17.9. The van der Waals surface area contributed by atoms with Gasteiger partial charge >= 0.3 is 11.8 Å². The van der Waals surface area contributed by atoms with E-state index >= 15 is 0 Å². The summed E-state index contributed by atoms with van der Waals surface area (Å²) in [6, 6.07) is 7.08. The van der Waals surface area contributed by atoms with Crippen molar-refractivity contribution in [1.29, 1.82) is 0 Å². The number of anilines is 1. The van der Waals surface area contributed by atoms with Crippen LogP contribution in [-0.2, 0) is 9.59 Å². The van der Waals surface area contributed by atoms with E-state index in [0.29, 0.717) is 24.8 Å². The maximum absolute atomic E-state index is 11.9. The Morgan fingerprint density at radius 3 is 2.48 bits per heavy atom. The molecule has 0 aliphatic heterocycles. The predicted molar refractivity (Wildman–Crippen MR) is 99.7 cm³/mol. The molecule has 2 N–H and O–H groups in total. The average Bonchev–Trinajstić information content (AvgIpc) is 2.64. The molecule has 1 aliphatic carbocycles. The second-order valence-electron chi connectivity index (χ2n) is 6.73. The molecule has 0 heterocycles. The largest absolute Gasteiger partial charge is 0.494 e. The molecule has 1 aromatic rings. The van der Waals surface area contributed by atoms with Gasteiger partial charge in [-0.2, -0.15) is 0 Å². The van der Waals surface area contributed by atoms with Crippen molar-refractivity contribution in [2.45, 2.75) is 58.3 Å². The van der Waals surface area contributed by atoms with E-state index in [4.69, 9.17) is 4.74 Å². The summed E-state index contributed by atoms with van der Waals surface area (Å²) in [5.41, 5.74) is 0.593. The van der Waals surface area contributed by atoms with Crippen molar-refractivity contribution in [2.75, 3.05) is 18.5 Å². The average molecular weight is 346 g/mol. The Morgan fingerprint density at radius 1 is 1.08 bits per heavy atom. The van der Waals surface area contributed by atoms with Gasteiger partial charge in [0.15, 0.2) is 0 Å². The fraction of sp³-hybridized carbons (Fsp3) is 0.600. The third kappa shape index (κ3) is 7.16. The predicted octanol–water partition coefficient (Wildman–Crippen LogP) is 3.89. The van der Waals surface area contributed by atoms with E-state index in [9.17, 15) is 9.59 Å². The molecule has 1 aliphatic rings. The smallest absolute Gasteiger partial charge is 0.313 e. The van der Waals surface area contributed by atoms with E-state index in [-0.39, 0.29) is 0 Å². The number of carbonyl (C=O) groups excluding carboxylic acids is 2. The number of hydrogen-bond acceptors (Lipinski definition) is 3. The molecule has 1 saturated carbocycles. The van der Waals surface area contributed by atoms with Crippen LogP contribution in [0.5, 0.6) is 5.75 Å². The zero-order valence-corrected chi connectivity index (χ0v) is 15.2. The van der Waals surface area contributed by atoms with Crippen molar-refractivity contribution in [1.82, 2.24) is 5.32 Å².